The fraction of sp³-hybridized carbons (Fsp3) is 0.450. The molecule has 0 fully saturated rings. The molecule has 0 unspecified atom stereocenters. The topological polar surface area (TPSA) is 143 Å². The zero-order valence-corrected chi connectivity index (χ0v) is 20.8. The normalized spacial score (nSPS) is 15.3. The second-order valence-corrected chi connectivity index (χ2v) is 10.0. The van der Waals surface area contributed by atoms with E-state index in [-0.39, 0.29) is 60.0 Å². The number of anilines is 1. The average molecular weight is 564 g/mol. The number of hydrogen-bond donors (Lipinski definition) is 1. The van der Waals surface area contributed by atoms with Crippen LogP contribution in [0, 0.1) is 0 Å². The summed E-state index contributed by atoms with van der Waals surface area (Å²) < 4.78 is 83.9. The van der Waals surface area contributed by atoms with E-state index in [4.69, 9.17) is 25.8 Å². The molecule has 1 atom stereocenters. The van der Waals surface area contributed by atoms with Gasteiger partial charge in [0.2, 0.25) is 16.0 Å². The Morgan fingerprint density at radius 1 is 1.22 bits per heavy atom. The van der Waals surface area contributed by atoms with E-state index in [9.17, 15) is 21.6 Å². The van der Waals surface area contributed by atoms with Crippen molar-refractivity contribution in [2.24, 2.45) is 0 Å². The van der Waals surface area contributed by atoms with E-state index in [0.29, 0.717) is 11.6 Å². The Morgan fingerprint density at radius 2 is 1.97 bits per heavy atom. The van der Waals surface area contributed by atoms with Crippen LogP contribution in [0.5, 0.6) is 11.5 Å². The molecule has 1 N–H and O–H groups in total. The molecule has 0 aliphatic carbocycles. The predicted octanol–water partition coefficient (Wildman–Crippen LogP) is 2.68. The molecular weight excluding hydrogens is 543 g/mol. The third-order valence-electron chi connectivity index (χ3n) is 5.01. The molecule has 0 spiro atoms. The smallest absolute Gasteiger partial charge is 0.422 e. The SMILES string of the molecule is CCOC[C@@H]1COc2c(OCC(F)(F)F)cncc2-c2nnc(NS(=O)(=O)CCc3ncc(Cl)cn3)n21. The van der Waals surface area contributed by atoms with Crippen molar-refractivity contribution in [2.75, 3.05) is 36.9 Å². The number of hydrogen-bond acceptors (Lipinski definition) is 10. The Morgan fingerprint density at radius 3 is 2.68 bits per heavy atom. The second kappa shape index (κ2) is 11.0. The molecule has 0 saturated heterocycles. The Labute approximate surface area is 214 Å². The van der Waals surface area contributed by atoms with E-state index >= 15 is 0 Å². The molecule has 4 heterocycles. The van der Waals surface area contributed by atoms with Gasteiger partial charge >= 0.3 is 6.18 Å². The van der Waals surface area contributed by atoms with Gasteiger partial charge in [0, 0.05) is 31.6 Å². The van der Waals surface area contributed by atoms with Gasteiger partial charge in [0.25, 0.3) is 0 Å². The van der Waals surface area contributed by atoms with Gasteiger partial charge in [0.1, 0.15) is 12.4 Å². The molecule has 37 heavy (non-hydrogen) atoms. The first-order valence-electron chi connectivity index (χ1n) is 10.9. The Bertz CT molecular complexity index is 1340. The number of nitrogens with one attached hydrogen (secondary N) is 1. The first kappa shape index (κ1) is 26.8. The van der Waals surface area contributed by atoms with Crippen LogP contribution in [0.3, 0.4) is 0 Å². The summed E-state index contributed by atoms with van der Waals surface area (Å²) in [4.78, 5) is 11.9. The van der Waals surface area contributed by atoms with E-state index in [0.717, 1.165) is 6.20 Å². The largest absolute Gasteiger partial charge is 0.487 e. The molecule has 0 aromatic carbocycles. The minimum atomic E-state index is -4.58. The summed E-state index contributed by atoms with van der Waals surface area (Å²) >= 11 is 5.75. The monoisotopic (exact) mass is 563 g/mol. The summed E-state index contributed by atoms with van der Waals surface area (Å²) in [6, 6.07) is -0.634. The number of sulfonamides is 1. The van der Waals surface area contributed by atoms with Crippen molar-refractivity contribution in [1.29, 1.82) is 0 Å². The van der Waals surface area contributed by atoms with Crippen molar-refractivity contribution in [3.8, 4) is 22.9 Å². The molecule has 0 saturated carbocycles. The number of aryl methyl sites for hydroxylation is 1. The van der Waals surface area contributed by atoms with Gasteiger partial charge in [0.15, 0.2) is 23.9 Å². The van der Waals surface area contributed by atoms with Crippen LogP contribution in [-0.4, -0.2) is 76.5 Å². The van der Waals surface area contributed by atoms with Crippen LogP contribution < -0.4 is 14.2 Å². The lowest BCUT2D eigenvalue weighted by molar-refractivity contribution is -0.153. The first-order chi connectivity index (χ1) is 17.6. The van der Waals surface area contributed by atoms with Gasteiger partial charge in [-0.2, -0.15) is 13.2 Å². The molecule has 3 aromatic heterocycles. The van der Waals surface area contributed by atoms with Crippen LogP contribution >= 0.6 is 11.6 Å². The summed E-state index contributed by atoms with van der Waals surface area (Å²) in [7, 11) is -3.95. The van der Waals surface area contributed by atoms with Crippen LogP contribution in [0.25, 0.3) is 11.4 Å². The minimum absolute atomic E-state index is 0.00559. The molecule has 12 nitrogen and oxygen atoms in total. The number of alkyl halides is 3. The summed E-state index contributed by atoms with van der Waals surface area (Å²) in [5, 5.41) is 8.37. The molecule has 200 valence electrons. The van der Waals surface area contributed by atoms with Gasteiger partial charge in [-0.05, 0) is 6.92 Å². The van der Waals surface area contributed by atoms with Gasteiger partial charge in [-0.15, -0.1) is 10.2 Å². The lowest BCUT2D eigenvalue weighted by atomic mass is 10.2. The highest BCUT2D eigenvalue weighted by Gasteiger charge is 2.33. The maximum atomic E-state index is 12.8. The highest BCUT2D eigenvalue weighted by Crippen LogP contribution is 2.41. The van der Waals surface area contributed by atoms with Crippen LogP contribution in [-0.2, 0) is 21.2 Å². The lowest BCUT2D eigenvalue weighted by Crippen LogP contribution is -2.26. The predicted molar refractivity (Wildman–Crippen MR) is 124 cm³/mol. The molecule has 1 aliphatic heterocycles. The van der Waals surface area contributed by atoms with Crippen molar-refractivity contribution >= 4 is 27.6 Å². The molecule has 0 amide bonds. The number of fused-ring (bicyclic) bond motifs is 3. The van der Waals surface area contributed by atoms with Crippen molar-refractivity contribution in [3.63, 3.8) is 0 Å². The molecule has 1 aliphatic rings. The van der Waals surface area contributed by atoms with Gasteiger partial charge in [-0.25, -0.2) is 18.4 Å². The van der Waals surface area contributed by atoms with Gasteiger partial charge in [-0.3, -0.25) is 14.3 Å². The van der Waals surface area contributed by atoms with Crippen molar-refractivity contribution in [2.45, 2.75) is 25.6 Å². The zero-order chi connectivity index (χ0) is 26.6. The van der Waals surface area contributed by atoms with E-state index in [2.05, 4.69) is 29.9 Å². The van der Waals surface area contributed by atoms with Gasteiger partial charge in [0.05, 0.1) is 35.2 Å². The molecule has 0 bridgehead atoms. The average Bonchev–Trinajstić information content (AvgIpc) is 3.16. The Hall–Kier alpha value is -3.24. The van der Waals surface area contributed by atoms with Gasteiger partial charge in [-0.1, -0.05) is 11.6 Å². The summed E-state index contributed by atoms with van der Waals surface area (Å²) in [6.45, 7) is 0.554. The number of nitrogens with zero attached hydrogens (tertiary/aromatic N) is 6. The molecular formula is C20H21ClF3N7O5S. The number of rotatable bonds is 10. The number of ether oxygens (including phenoxy) is 3. The van der Waals surface area contributed by atoms with Crippen molar-refractivity contribution in [3.05, 3.63) is 35.6 Å². The van der Waals surface area contributed by atoms with Crippen LogP contribution in [0.15, 0.2) is 24.8 Å². The van der Waals surface area contributed by atoms with E-state index in [1.807, 2.05) is 0 Å². The number of halogens is 4. The fourth-order valence-corrected chi connectivity index (χ4v) is 4.47. The van der Waals surface area contributed by atoms with Crippen molar-refractivity contribution in [1.82, 2.24) is 29.7 Å². The maximum Gasteiger partial charge on any atom is 0.422 e. The highest BCUT2D eigenvalue weighted by molar-refractivity contribution is 7.92. The molecule has 0 radical (unpaired) electrons. The quantitative estimate of drug-likeness (QED) is 0.391. The maximum absolute atomic E-state index is 12.8. The van der Waals surface area contributed by atoms with Gasteiger partial charge < -0.3 is 14.2 Å². The zero-order valence-electron chi connectivity index (χ0n) is 19.3. The molecule has 3 aromatic rings. The van der Waals surface area contributed by atoms with Crippen LogP contribution in [0.2, 0.25) is 5.02 Å². The standard InChI is InChI=1S/C20H21ClF3N7O5S/c1-2-34-9-13-10-35-17-14(7-25-8-15(17)36-11-20(22,23)24)18-28-29-19(31(13)18)30-37(32,33)4-3-16-26-5-12(21)6-27-16/h5-8,13H,2-4,9-11H2,1H3,(H,29,30)/t13-/m1/s1. The third kappa shape index (κ3) is 6.75. The number of aromatic nitrogens is 6. The second-order valence-electron chi connectivity index (χ2n) is 7.75. The van der Waals surface area contributed by atoms with Crippen LogP contribution in [0.4, 0.5) is 19.1 Å². The summed E-state index contributed by atoms with van der Waals surface area (Å²) in [6.07, 6.45) is 0.558. The third-order valence-corrected chi connectivity index (χ3v) is 6.44. The number of pyridine rings is 1. The van der Waals surface area contributed by atoms with E-state index in [1.54, 1.807) is 6.92 Å². The van der Waals surface area contributed by atoms with E-state index in [1.165, 1.54) is 23.2 Å². The van der Waals surface area contributed by atoms with E-state index < -0.39 is 28.8 Å². The fourth-order valence-electron chi connectivity index (χ4n) is 3.41. The Balaban J connectivity index is 1.64. The highest BCUT2D eigenvalue weighted by atomic mass is 35.5. The molecule has 17 heteroatoms. The summed E-state index contributed by atoms with van der Waals surface area (Å²) in [5.74, 6) is -0.371. The minimum Gasteiger partial charge on any atom is -0.487 e. The summed E-state index contributed by atoms with van der Waals surface area (Å²) in [5.41, 5.74) is 0.172. The first-order valence-corrected chi connectivity index (χ1v) is 12.9. The Kier molecular flexibility index (Phi) is 7.99. The van der Waals surface area contributed by atoms with Crippen molar-refractivity contribution < 1.29 is 35.8 Å². The molecule has 4 rings (SSSR count). The lowest BCUT2D eigenvalue weighted by Gasteiger charge is -2.19. The van der Waals surface area contributed by atoms with Crippen LogP contribution in [0.1, 0.15) is 18.8 Å².